The topological polar surface area (TPSA) is 74.5 Å². The highest BCUT2D eigenvalue weighted by Gasteiger charge is 2.17. The summed E-state index contributed by atoms with van der Waals surface area (Å²) in [5, 5.41) is 6.74. The Morgan fingerprint density at radius 2 is 1.76 bits per heavy atom. The summed E-state index contributed by atoms with van der Waals surface area (Å²) in [5.74, 6) is 1.96. The molecule has 7 nitrogen and oxygen atoms in total. The van der Waals surface area contributed by atoms with Crippen LogP contribution in [0.5, 0.6) is 0 Å². The number of aliphatic imine (C=N–C) groups is 1. The number of para-hydroxylation sites is 2. The normalized spacial score (nSPS) is 14.1. The number of rotatable bonds is 7. The van der Waals surface area contributed by atoms with Crippen LogP contribution in [0.3, 0.4) is 0 Å². The third kappa shape index (κ3) is 6.49. The number of fused-ring (bicyclic) bond motifs is 1. The van der Waals surface area contributed by atoms with Crippen LogP contribution in [0.15, 0.2) is 53.5 Å². The monoisotopic (exact) mass is 574 g/mol. The molecule has 1 fully saturated rings. The van der Waals surface area contributed by atoms with Gasteiger partial charge in [-0.05, 0) is 62.4 Å². The summed E-state index contributed by atoms with van der Waals surface area (Å²) in [4.78, 5) is 23.6. The predicted molar refractivity (Wildman–Crippen MR) is 149 cm³/mol. The van der Waals surface area contributed by atoms with Crippen molar-refractivity contribution in [1.82, 2.24) is 25.1 Å². The largest absolute Gasteiger partial charge is 0.356 e. The lowest BCUT2D eigenvalue weighted by Crippen LogP contribution is -2.37. The number of carbonyl (C=O) groups excluding carboxylic acids is 1. The smallest absolute Gasteiger partial charge is 0.253 e. The zero-order chi connectivity index (χ0) is 23.0. The number of imidazole rings is 1. The van der Waals surface area contributed by atoms with E-state index < -0.39 is 0 Å². The maximum absolute atomic E-state index is 12.6. The lowest BCUT2D eigenvalue weighted by atomic mass is 10.1. The van der Waals surface area contributed by atoms with Crippen molar-refractivity contribution in [2.24, 2.45) is 4.99 Å². The van der Waals surface area contributed by atoms with Gasteiger partial charge in [0.25, 0.3) is 5.91 Å². The van der Waals surface area contributed by atoms with E-state index in [4.69, 9.17) is 0 Å². The summed E-state index contributed by atoms with van der Waals surface area (Å²) in [7, 11) is 1.78. The number of halogens is 1. The van der Waals surface area contributed by atoms with Gasteiger partial charge in [0.05, 0.1) is 11.0 Å². The lowest BCUT2D eigenvalue weighted by molar-refractivity contribution is 0.0724. The molecule has 3 aromatic rings. The Hall–Kier alpha value is -2.62. The van der Waals surface area contributed by atoms with Crippen LogP contribution >= 0.6 is 24.0 Å². The van der Waals surface area contributed by atoms with Crippen LogP contribution in [0.25, 0.3) is 11.0 Å². The van der Waals surface area contributed by atoms with E-state index in [2.05, 4.69) is 50.3 Å². The fraction of sp³-hybridized carbons (Fsp3) is 0.423. The maximum atomic E-state index is 12.6. The fourth-order valence-corrected chi connectivity index (χ4v) is 4.37. The van der Waals surface area contributed by atoms with Crippen molar-refractivity contribution >= 4 is 46.9 Å². The van der Waals surface area contributed by atoms with Gasteiger partial charge in [0, 0.05) is 45.3 Å². The Kier molecular flexibility index (Phi) is 9.74. The second-order valence-electron chi connectivity index (χ2n) is 8.56. The van der Waals surface area contributed by atoms with Crippen molar-refractivity contribution in [3.05, 3.63) is 65.5 Å². The van der Waals surface area contributed by atoms with Gasteiger partial charge < -0.3 is 20.1 Å². The minimum Gasteiger partial charge on any atom is -0.356 e. The van der Waals surface area contributed by atoms with E-state index in [-0.39, 0.29) is 29.9 Å². The Bertz CT molecular complexity index is 1100. The quantitative estimate of drug-likeness (QED) is 0.191. The minimum absolute atomic E-state index is 0. The van der Waals surface area contributed by atoms with E-state index >= 15 is 0 Å². The van der Waals surface area contributed by atoms with E-state index in [1.807, 2.05) is 35.2 Å². The first-order valence-corrected chi connectivity index (χ1v) is 11.9. The molecule has 182 valence electrons. The predicted octanol–water partition coefficient (Wildman–Crippen LogP) is 4.34. The molecule has 0 spiro atoms. The molecule has 1 aliphatic heterocycles. The van der Waals surface area contributed by atoms with Gasteiger partial charge in [-0.2, -0.15) is 0 Å². The summed E-state index contributed by atoms with van der Waals surface area (Å²) >= 11 is 0. The number of amides is 1. The SMILES string of the molecule is CN=C(NCCCn1c(C)nc2ccccc21)NCc1ccc(C(=O)N2CCCCC2)cc1.I. The van der Waals surface area contributed by atoms with Gasteiger partial charge in [0.1, 0.15) is 5.82 Å². The average Bonchev–Trinajstić information content (AvgIpc) is 3.19. The van der Waals surface area contributed by atoms with E-state index in [1.54, 1.807) is 7.05 Å². The van der Waals surface area contributed by atoms with Gasteiger partial charge in [0.2, 0.25) is 0 Å². The summed E-state index contributed by atoms with van der Waals surface area (Å²) in [6, 6.07) is 16.2. The van der Waals surface area contributed by atoms with E-state index in [9.17, 15) is 4.79 Å². The van der Waals surface area contributed by atoms with Crippen LogP contribution in [0.4, 0.5) is 0 Å². The molecule has 0 aliphatic carbocycles. The van der Waals surface area contributed by atoms with Crippen molar-refractivity contribution in [2.75, 3.05) is 26.7 Å². The van der Waals surface area contributed by atoms with Crippen molar-refractivity contribution < 1.29 is 4.79 Å². The van der Waals surface area contributed by atoms with Crippen molar-refractivity contribution in [3.8, 4) is 0 Å². The Morgan fingerprint density at radius 1 is 1.03 bits per heavy atom. The van der Waals surface area contributed by atoms with Gasteiger partial charge in [-0.1, -0.05) is 24.3 Å². The number of aryl methyl sites for hydroxylation is 2. The highest BCUT2D eigenvalue weighted by Crippen LogP contribution is 2.16. The number of piperidine rings is 1. The van der Waals surface area contributed by atoms with Crippen molar-refractivity contribution in [2.45, 2.75) is 45.7 Å². The molecule has 2 aromatic carbocycles. The fourth-order valence-electron chi connectivity index (χ4n) is 4.37. The molecular weight excluding hydrogens is 539 g/mol. The summed E-state index contributed by atoms with van der Waals surface area (Å²) in [6.07, 6.45) is 4.41. The second kappa shape index (κ2) is 12.7. The Morgan fingerprint density at radius 3 is 2.50 bits per heavy atom. The number of likely N-dealkylation sites (tertiary alicyclic amines) is 1. The first-order chi connectivity index (χ1) is 16.2. The third-order valence-corrected chi connectivity index (χ3v) is 6.22. The van der Waals surface area contributed by atoms with Crippen LogP contribution in [0.2, 0.25) is 0 Å². The molecular formula is C26H35IN6O. The molecule has 0 radical (unpaired) electrons. The van der Waals surface area contributed by atoms with E-state index in [0.717, 1.165) is 73.9 Å². The number of nitrogens with zero attached hydrogens (tertiary/aromatic N) is 4. The molecule has 0 bridgehead atoms. The van der Waals surface area contributed by atoms with Crippen molar-refractivity contribution in [1.29, 1.82) is 0 Å². The molecule has 1 amide bonds. The molecule has 0 saturated carbocycles. The van der Waals surface area contributed by atoms with Crippen LogP contribution in [0.1, 0.15) is 47.4 Å². The molecule has 8 heteroatoms. The highest BCUT2D eigenvalue weighted by molar-refractivity contribution is 14.0. The van der Waals surface area contributed by atoms with Gasteiger partial charge in [-0.15, -0.1) is 24.0 Å². The first-order valence-electron chi connectivity index (χ1n) is 11.9. The van der Waals surface area contributed by atoms with E-state index in [1.165, 1.54) is 11.9 Å². The number of carbonyl (C=O) groups is 1. The van der Waals surface area contributed by atoms with Crippen LogP contribution in [-0.4, -0.2) is 53.0 Å². The van der Waals surface area contributed by atoms with Crippen LogP contribution in [0, 0.1) is 6.92 Å². The van der Waals surface area contributed by atoms with Gasteiger partial charge in [-0.25, -0.2) is 4.98 Å². The lowest BCUT2D eigenvalue weighted by Gasteiger charge is -2.26. The minimum atomic E-state index is 0. The number of nitrogens with one attached hydrogen (secondary N) is 2. The molecule has 1 saturated heterocycles. The molecule has 4 rings (SSSR count). The average molecular weight is 575 g/mol. The number of aromatic nitrogens is 2. The first kappa shape index (κ1) is 26.0. The molecule has 0 unspecified atom stereocenters. The van der Waals surface area contributed by atoms with Crippen LogP contribution < -0.4 is 10.6 Å². The summed E-state index contributed by atoms with van der Waals surface area (Å²) in [6.45, 7) is 6.18. The molecule has 0 atom stereocenters. The zero-order valence-electron chi connectivity index (χ0n) is 20.1. The second-order valence-corrected chi connectivity index (χ2v) is 8.56. The number of hydrogen-bond acceptors (Lipinski definition) is 3. The Labute approximate surface area is 219 Å². The van der Waals surface area contributed by atoms with Gasteiger partial charge >= 0.3 is 0 Å². The molecule has 1 aromatic heterocycles. The molecule has 1 aliphatic rings. The third-order valence-electron chi connectivity index (χ3n) is 6.22. The molecule has 2 N–H and O–H groups in total. The van der Waals surface area contributed by atoms with Crippen LogP contribution in [-0.2, 0) is 13.1 Å². The summed E-state index contributed by atoms with van der Waals surface area (Å²) < 4.78 is 2.26. The molecule has 2 heterocycles. The number of hydrogen-bond donors (Lipinski definition) is 2. The number of guanidine groups is 1. The molecule has 34 heavy (non-hydrogen) atoms. The maximum Gasteiger partial charge on any atom is 0.253 e. The zero-order valence-corrected chi connectivity index (χ0v) is 22.4. The van der Waals surface area contributed by atoms with Gasteiger partial charge in [0.15, 0.2) is 5.96 Å². The van der Waals surface area contributed by atoms with Gasteiger partial charge in [-0.3, -0.25) is 9.79 Å². The highest BCUT2D eigenvalue weighted by atomic mass is 127. The summed E-state index contributed by atoms with van der Waals surface area (Å²) in [5.41, 5.74) is 4.11. The number of benzene rings is 2. The van der Waals surface area contributed by atoms with E-state index in [0.29, 0.717) is 6.54 Å². The standard InChI is InChI=1S/C26H34N6O.HI/c1-20-30-23-9-4-5-10-24(23)32(20)18-8-15-28-26(27-2)29-19-21-11-13-22(14-12-21)25(33)31-16-6-3-7-17-31;/h4-5,9-14H,3,6-8,15-19H2,1-2H3,(H2,27,28,29);1H. The Balaban J connectivity index is 0.00000324. The van der Waals surface area contributed by atoms with Crippen molar-refractivity contribution in [3.63, 3.8) is 0 Å².